The Kier molecular flexibility index (Phi) is 8.42. The largest absolute Gasteiger partial charge is 0.497 e. The zero-order chi connectivity index (χ0) is 30.9. The number of phenols is 1. The average Bonchev–Trinajstić information content (AvgIpc) is 3.22. The number of aromatic nitrogens is 1. The van der Waals surface area contributed by atoms with Gasteiger partial charge in [0.25, 0.3) is 11.3 Å². The van der Waals surface area contributed by atoms with Crippen LogP contribution < -0.4 is 24.4 Å². The molecule has 1 atom stereocenters. The SMILES string of the molecule is CCOC(=O)C1=C(C)N=c2s/c(=C/c3cc([N+](=O)[O-])c(O)c([N+](=O)[O-])c3)c(=O)n2[C@H]1c1ccc(OC(C)C)c(OC)c1. The first kappa shape index (κ1) is 29.9. The van der Waals surface area contributed by atoms with Crippen LogP contribution in [0.4, 0.5) is 11.4 Å². The molecule has 0 amide bonds. The minimum absolute atomic E-state index is 0.0256. The fraction of sp³-hybridized carbons (Fsp3) is 0.296. The molecule has 0 aliphatic carbocycles. The van der Waals surface area contributed by atoms with Crippen molar-refractivity contribution >= 4 is 34.8 Å². The van der Waals surface area contributed by atoms with Crippen LogP contribution >= 0.6 is 11.3 Å². The highest BCUT2D eigenvalue weighted by molar-refractivity contribution is 7.07. The second-order valence-electron chi connectivity index (χ2n) is 9.30. The van der Waals surface area contributed by atoms with E-state index in [2.05, 4.69) is 4.99 Å². The van der Waals surface area contributed by atoms with Crippen LogP contribution in [-0.2, 0) is 9.53 Å². The molecule has 1 aliphatic heterocycles. The molecule has 0 spiro atoms. The van der Waals surface area contributed by atoms with Gasteiger partial charge in [0.05, 0.1) is 51.5 Å². The lowest BCUT2D eigenvalue weighted by Gasteiger charge is -2.25. The molecule has 0 bridgehead atoms. The van der Waals surface area contributed by atoms with Crippen molar-refractivity contribution in [2.75, 3.05) is 13.7 Å². The Morgan fingerprint density at radius 1 is 1.17 bits per heavy atom. The number of hydrogen-bond acceptors (Lipinski definition) is 12. The third kappa shape index (κ3) is 5.58. The Morgan fingerprint density at radius 2 is 1.81 bits per heavy atom. The minimum atomic E-state index is -1.10. The van der Waals surface area contributed by atoms with E-state index in [0.29, 0.717) is 22.8 Å². The van der Waals surface area contributed by atoms with Crippen LogP contribution in [0.1, 0.15) is 44.9 Å². The van der Waals surface area contributed by atoms with E-state index >= 15 is 0 Å². The summed E-state index contributed by atoms with van der Waals surface area (Å²) in [4.78, 5) is 52.6. The maximum Gasteiger partial charge on any atom is 0.338 e. The summed E-state index contributed by atoms with van der Waals surface area (Å²) in [6, 6.07) is 5.85. The van der Waals surface area contributed by atoms with Gasteiger partial charge >= 0.3 is 17.3 Å². The van der Waals surface area contributed by atoms with E-state index in [0.717, 1.165) is 23.5 Å². The zero-order valence-electron chi connectivity index (χ0n) is 23.1. The number of esters is 1. The smallest absolute Gasteiger partial charge is 0.338 e. The van der Waals surface area contributed by atoms with Crippen LogP contribution in [0.3, 0.4) is 0 Å². The van der Waals surface area contributed by atoms with Crippen molar-refractivity contribution in [3.63, 3.8) is 0 Å². The number of thiazole rings is 1. The summed E-state index contributed by atoms with van der Waals surface area (Å²) in [5, 5.41) is 32.8. The number of methoxy groups -OCH3 is 1. The molecule has 1 aliphatic rings. The first-order chi connectivity index (χ1) is 19.9. The molecule has 14 nitrogen and oxygen atoms in total. The van der Waals surface area contributed by atoms with E-state index in [1.807, 2.05) is 13.8 Å². The topological polar surface area (TPSA) is 186 Å². The predicted octanol–water partition coefficient (Wildman–Crippen LogP) is 3.12. The molecule has 4 rings (SSSR count). The summed E-state index contributed by atoms with van der Waals surface area (Å²) in [5.41, 5.74) is -1.54. The molecule has 0 saturated heterocycles. The lowest BCUT2D eigenvalue weighted by Crippen LogP contribution is -2.40. The number of carbonyl (C=O) groups excluding carboxylic acids is 1. The van der Waals surface area contributed by atoms with Gasteiger partial charge < -0.3 is 19.3 Å². The summed E-state index contributed by atoms with van der Waals surface area (Å²) in [6.45, 7) is 7.04. The van der Waals surface area contributed by atoms with Gasteiger partial charge in [-0.1, -0.05) is 17.4 Å². The molecule has 0 radical (unpaired) electrons. The first-order valence-electron chi connectivity index (χ1n) is 12.6. The fourth-order valence-corrected chi connectivity index (χ4v) is 5.50. The van der Waals surface area contributed by atoms with Crippen LogP contribution in [0.2, 0.25) is 0 Å². The molecule has 1 aromatic heterocycles. The molecule has 1 N–H and O–H groups in total. The fourth-order valence-electron chi connectivity index (χ4n) is 4.45. The Hall–Kier alpha value is -5.05. The highest BCUT2D eigenvalue weighted by Gasteiger charge is 2.34. The number of fused-ring (bicyclic) bond motifs is 1. The Bertz CT molecular complexity index is 1790. The molecular weight excluding hydrogens is 572 g/mol. The van der Waals surface area contributed by atoms with Gasteiger partial charge in [-0.05, 0) is 57.0 Å². The number of nitro groups is 2. The summed E-state index contributed by atoms with van der Waals surface area (Å²) >= 11 is 0.924. The number of allylic oxidation sites excluding steroid dienone is 1. The molecule has 0 fully saturated rings. The van der Waals surface area contributed by atoms with Crippen molar-refractivity contribution in [1.29, 1.82) is 0 Å². The summed E-state index contributed by atoms with van der Waals surface area (Å²) in [6.07, 6.45) is 1.08. The molecule has 220 valence electrons. The molecule has 42 heavy (non-hydrogen) atoms. The Labute approximate surface area is 241 Å². The van der Waals surface area contributed by atoms with E-state index in [1.165, 1.54) is 17.8 Å². The van der Waals surface area contributed by atoms with E-state index in [4.69, 9.17) is 14.2 Å². The van der Waals surface area contributed by atoms with E-state index in [-0.39, 0.29) is 33.2 Å². The second kappa shape index (κ2) is 11.8. The average molecular weight is 599 g/mol. The second-order valence-corrected chi connectivity index (χ2v) is 10.3. The van der Waals surface area contributed by atoms with Crippen LogP contribution in [-0.4, -0.2) is 45.3 Å². The van der Waals surface area contributed by atoms with Crippen LogP contribution in [0.5, 0.6) is 17.2 Å². The number of benzene rings is 2. The van der Waals surface area contributed by atoms with Crippen molar-refractivity contribution in [3.05, 3.63) is 92.6 Å². The minimum Gasteiger partial charge on any atom is -0.497 e. The van der Waals surface area contributed by atoms with E-state index in [9.17, 15) is 34.9 Å². The number of carbonyl (C=O) groups is 1. The van der Waals surface area contributed by atoms with Gasteiger partial charge in [-0.2, -0.15) is 0 Å². The van der Waals surface area contributed by atoms with Gasteiger partial charge in [-0.15, -0.1) is 0 Å². The van der Waals surface area contributed by atoms with Crippen LogP contribution in [0, 0.1) is 20.2 Å². The highest BCUT2D eigenvalue weighted by Crippen LogP contribution is 2.38. The van der Waals surface area contributed by atoms with Crippen molar-refractivity contribution < 1.29 is 34.0 Å². The molecule has 15 heteroatoms. The quantitative estimate of drug-likeness (QED) is 0.218. The Morgan fingerprint density at radius 3 is 2.36 bits per heavy atom. The number of ether oxygens (including phenoxy) is 3. The van der Waals surface area contributed by atoms with Gasteiger partial charge in [0.15, 0.2) is 16.3 Å². The number of aromatic hydroxyl groups is 1. The molecule has 0 unspecified atom stereocenters. The zero-order valence-corrected chi connectivity index (χ0v) is 24.0. The molecule has 2 heterocycles. The predicted molar refractivity (Wildman–Crippen MR) is 151 cm³/mol. The van der Waals surface area contributed by atoms with Gasteiger partial charge in [0, 0.05) is 12.1 Å². The van der Waals surface area contributed by atoms with E-state index in [1.54, 1.807) is 32.0 Å². The third-order valence-electron chi connectivity index (χ3n) is 6.17. The van der Waals surface area contributed by atoms with Gasteiger partial charge in [-0.25, -0.2) is 9.79 Å². The first-order valence-corrected chi connectivity index (χ1v) is 13.4. The third-order valence-corrected chi connectivity index (χ3v) is 7.15. The summed E-state index contributed by atoms with van der Waals surface area (Å²) in [5.74, 6) is -0.955. The molecule has 3 aromatic rings. The lowest BCUT2D eigenvalue weighted by atomic mass is 9.95. The molecular formula is C27H26N4O10S. The van der Waals surface area contributed by atoms with Crippen molar-refractivity contribution in [2.45, 2.75) is 39.8 Å². The van der Waals surface area contributed by atoms with E-state index < -0.39 is 44.5 Å². The highest BCUT2D eigenvalue weighted by atomic mass is 32.1. The number of rotatable bonds is 9. The summed E-state index contributed by atoms with van der Waals surface area (Å²) < 4.78 is 17.9. The van der Waals surface area contributed by atoms with Crippen LogP contribution in [0.15, 0.2) is 51.4 Å². The summed E-state index contributed by atoms with van der Waals surface area (Å²) in [7, 11) is 1.46. The van der Waals surface area contributed by atoms with Crippen LogP contribution in [0.25, 0.3) is 6.08 Å². The van der Waals surface area contributed by atoms with Crippen molar-refractivity contribution in [1.82, 2.24) is 4.57 Å². The maximum absolute atomic E-state index is 13.8. The van der Waals surface area contributed by atoms with Crippen molar-refractivity contribution in [3.8, 4) is 17.2 Å². The number of hydrogen-bond donors (Lipinski definition) is 1. The molecule has 0 saturated carbocycles. The van der Waals surface area contributed by atoms with Gasteiger partial charge in [-0.3, -0.25) is 29.6 Å². The van der Waals surface area contributed by atoms with Crippen molar-refractivity contribution in [2.24, 2.45) is 4.99 Å². The van der Waals surface area contributed by atoms with Gasteiger partial charge in [0.2, 0.25) is 0 Å². The number of nitrogens with zero attached hydrogens (tertiary/aromatic N) is 4. The van der Waals surface area contributed by atoms with Gasteiger partial charge in [0.1, 0.15) is 0 Å². The Balaban J connectivity index is 1.98. The normalized spacial score (nSPS) is 14.8. The lowest BCUT2D eigenvalue weighted by molar-refractivity contribution is -0.396. The molecule has 2 aromatic carbocycles. The number of nitro benzene ring substituents is 2. The number of phenolic OH excluding ortho intramolecular Hbond substituents is 1. The monoisotopic (exact) mass is 598 g/mol. The maximum atomic E-state index is 13.8. The standard InChI is InChI=1S/C27H26N4O10S/c1-6-40-26(34)22-14(4)28-27-29(23(22)16-7-8-19(41-13(2)3)20(12-16)39-5)25(33)21(42-27)11-15-9-17(30(35)36)24(32)18(10-15)31(37)38/h7-13,23,32H,6H2,1-5H3/b21-11+/t23-/m0/s1.